The summed E-state index contributed by atoms with van der Waals surface area (Å²) < 4.78 is 0. The Morgan fingerprint density at radius 2 is 2.31 bits per heavy atom. The molecule has 1 rings (SSSR count). The molecule has 0 saturated carbocycles. The van der Waals surface area contributed by atoms with Crippen LogP contribution in [0.1, 0.15) is 46.5 Å². The average Bonchev–Trinajstić information content (AvgIpc) is 2.17. The van der Waals surface area contributed by atoms with Crippen molar-refractivity contribution < 1.29 is 9.90 Å². The summed E-state index contributed by atoms with van der Waals surface area (Å²) in [7, 11) is 0. The van der Waals surface area contributed by atoms with E-state index in [4.69, 9.17) is 0 Å². The van der Waals surface area contributed by atoms with Crippen molar-refractivity contribution in [3.8, 4) is 0 Å². The third kappa shape index (κ3) is 3.60. The average molecular weight is 222 g/mol. The Kier molecular flexibility index (Phi) is 4.48. The van der Waals surface area contributed by atoms with Crippen LogP contribution in [0.25, 0.3) is 0 Å². The van der Waals surface area contributed by atoms with Crippen molar-refractivity contribution in [2.45, 2.75) is 52.1 Å². The molecule has 0 aliphatic heterocycles. The van der Waals surface area contributed by atoms with Gasteiger partial charge in [0, 0.05) is 0 Å². The highest BCUT2D eigenvalue weighted by atomic mass is 16.3. The summed E-state index contributed by atoms with van der Waals surface area (Å²) in [6, 6.07) is 0. The van der Waals surface area contributed by atoms with E-state index in [-0.39, 0.29) is 11.7 Å². The zero-order valence-electron chi connectivity index (χ0n) is 10.5. The van der Waals surface area contributed by atoms with E-state index in [2.05, 4.69) is 6.08 Å². The van der Waals surface area contributed by atoms with E-state index in [0.717, 1.165) is 19.3 Å². The Bertz CT molecular complexity index is 307. The minimum absolute atomic E-state index is 0.0773. The summed E-state index contributed by atoms with van der Waals surface area (Å²) in [4.78, 5) is 11.7. The summed E-state index contributed by atoms with van der Waals surface area (Å²) in [5.41, 5.74) is 0.388. The molecular formula is C14H22O2. The van der Waals surface area contributed by atoms with Crippen LogP contribution in [0.4, 0.5) is 0 Å². The predicted octanol–water partition coefficient (Wildman–Crippen LogP) is 3.02. The molecule has 2 unspecified atom stereocenters. The van der Waals surface area contributed by atoms with E-state index < -0.39 is 5.60 Å². The second-order valence-electron chi connectivity index (χ2n) is 5.11. The highest BCUT2D eigenvalue weighted by Gasteiger charge is 2.35. The molecule has 0 fully saturated rings. The number of ketones is 1. The number of carbonyl (C=O) groups is 1. The molecule has 0 bridgehead atoms. The van der Waals surface area contributed by atoms with Crippen molar-refractivity contribution in [2.24, 2.45) is 5.92 Å². The normalized spacial score (nSPS) is 24.0. The topological polar surface area (TPSA) is 37.3 Å². The molecule has 0 amide bonds. The summed E-state index contributed by atoms with van der Waals surface area (Å²) >= 11 is 0. The van der Waals surface area contributed by atoms with Gasteiger partial charge in [-0.2, -0.15) is 0 Å². The predicted molar refractivity (Wildman–Crippen MR) is 66.2 cm³/mol. The number of hydrogen-bond donors (Lipinski definition) is 1. The minimum atomic E-state index is -0.867. The van der Waals surface area contributed by atoms with Crippen LogP contribution in [0.5, 0.6) is 0 Å². The van der Waals surface area contributed by atoms with Crippen molar-refractivity contribution in [1.82, 2.24) is 0 Å². The highest BCUT2D eigenvalue weighted by Crippen LogP contribution is 2.30. The molecule has 0 saturated heterocycles. The van der Waals surface area contributed by atoms with Crippen LogP contribution in [-0.4, -0.2) is 16.5 Å². The molecule has 0 radical (unpaired) electrons. The zero-order valence-corrected chi connectivity index (χ0v) is 10.5. The first kappa shape index (κ1) is 13.2. The van der Waals surface area contributed by atoms with Crippen LogP contribution >= 0.6 is 0 Å². The van der Waals surface area contributed by atoms with Gasteiger partial charge in [0.2, 0.25) is 0 Å². The van der Waals surface area contributed by atoms with Crippen molar-refractivity contribution in [1.29, 1.82) is 0 Å². The molecule has 2 heteroatoms. The van der Waals surface area contributed by atoms with Gasteiger partial charge in [0.1, 0.15) is 0 Å². The van der Waals surface area contributed by atoms with Gasteiger partial charge in [-0.1, -0.05) is 17.7 Å². The Balaban J connectivity index is 2.59. The maximum atomic E-state index is 11.7. The van der Waals surface area contributed by atoms with Gasteiger partial charge in [0.05, 0.1) is 11.5 Å². The molecule has 0 aromatic rings. The van der Waals surface area contributed by atoms with Gasteiger partial charge in [-0.15, -0.1) is 0 Å². The quantitative estimate of drug-likeness (QED) is 0.742. The van der Waals surface area contributed by atoms with E-state index in [1.807, 2.05) is 19.9 Å². The Labute approximate surface area is 98.1 Å². The SMILES string of the molecule is CC(C)=CCCC(C)(O)C1CCC=CC1=O. The van der Waals surface area contributed by atoms with Gasteiger partial charge >= 0.3 is 0 Å². The first-order valence-corrected chi connectivity index (χ1v) is 5.99. The summed E-state index contributed by atoms with van der Waals surface area (Å²) in [6.45, 7) is 5.87. The van der Waals surface area contributed by atoms with Gasteiger partial charge < -0.3 is 5.11 Å². The fourth-order valence-electron chi connectivity index (χ4n) is 2.17. The van der Waals surface area contributed by atoms with Gasteiger partial charge in [-0.3, -0.25) is 4.79 Å². The van der Waals surface area contributed by atoms with E-state index in [9.17, 15) is 9.90 Å². The number of allylic oxidation sites excluding steroid dienone is 4. The number of carbonyl (C=O) groups excluding carboxylic acids is 1. The lowest BCUT2D eigenvalue weighted by atomic mass is 9.77. The molecule has 1 N–H and O–H groups in total. The molecule has 16 heavy (non-hydrogen) atoms. The monoisotopic (exact) mass is 222 g/mol. The van der Waals surface area contributed by atoms with Crippen LogP contribution in [0.2, 0.25) is 0 Å². The standard InChI is InChI=1S/C14H22O2/c1-11(2)7-6-10-14(3,16)12-8-4-5-9-13(12)15/h5,7,9,12,16H,4,6,8,10H2,1-3H3. The fourth-order valence-corrected chi connectivity index (χ4v) is 2.17. The van der Waals surface area contributed by atoms with Crippen LogP contribution in [0, 0.1) is 5.92 Å². The molecule has 0 heterocycles. The van der Waals surface area contributed by atoms with E-state index in [0.29, 0.717) is 6.42 Å². The Hall–Kier alpha value is -0.890. The molecule has 1 aliphatic rings. The molecule has 1 aliphatic carbocycles. The first-order chi connectivity index (χ1) is 7.43. The third-order valence-corrected chi connectivity index (χ3v) is 3.20. The summed E-state index contributed by atoms with van der Waals surface area (Å²) in [5, 5.41) is 10.3. The Morgan fingerprint density at radius 1 is 1.62 bits per heavy atom. The summed E-state index contributed by atoms with van der Waals surface area (Å²) in [5.74, 6) is -0.142. The number of aliphatic hydroxyl groups is 1. The maximum absolute atomic E-state index is 11.7. The maximum Gasteiger partial charge on any atom is 0.161 e. The molecule has 2 nitrogen and oxygen atoms in total. The molecule has 0 aromatic carbocycles. The van der Waals surface area contributed by atoms with Gasteiger partial charge in [-0.25, -0.2) is 0 Å². The first-order valence-electron chi connectivity index (χ1n) is 5.99. The van der Waals surface area contributed by atoms with Crippen molar-refractivity contribution in [2.75, 3.05) is 0 Å². The van der Waals surface area contributed by atoms with Crippen LogP contribution < -0.4 is 0 Å². The Morgan fingerprint density at radius 3 is 2.88 bits per heavy atom. The molecular weight excluding hydrogens is 200 g/mol. The van der Waals surface area contributed by atoms with Gasteiger partial charge in [0.25, 0.3) is 0 Å². The second-order valence-corrected chi connectivity index (χ2v) is 5.11. The largest absolute Gasteiger partial charge is 0.389 e. The highest BCUT2D eigenvalue weighted by molar-refractivity contribution is 5.93. The fraction of sp³-hybridized carbons (Fsp3) is 0.643. The summed E-state index contributed by atoms with van der Waals surface area (Å²) in [6.07, 6.45) is 8.78. The third-order valence-electron chi connectivity index (χ3n) is 3.20. The van der Waals surface area contributed by atoms with Gasteiger partial charge in [-0.05, 0) is 52.5 Å². The van der Waals surface area contributed by atoms with Crippen molar-refractivity contribution in [3.05, 3.63) is 23.8 Å². The van der Waals surface area contributed by atoms with Crippen LogP contribution in [0.15, 0.2) is 23.8 Å². The van der Waals surface area contributed by atoms with E-state index in [1.165, 1.54) is 5.57 Å². The number of hydrogen-bond acceptors (Lipinski definition) is 2. The van der Waals surface area contributed by atoms with Gasteiger partial charge in [0.15, 0.2) is 5.78 Å². The van der Waals surface area contributed by atoms with Crippen LogP contribution in [-0.2, 0) is 4.79 Å². The smallest absolute Gasteiger partial charge is 0.161 e. The van der Waals surface area contributed by atoms with E-state index in [1.54, 1.807) is 13.0 Å². The lowest BCUT2D eigenvalue weighted by molar-refractivity contribution is -0.127. The number of rotatable bonds is 4. The molecule has 90 valence electrons. The second kappa shape index (κ2) is 5.44. The lowest BCUT2D eigenvalue weighted by Gasteiger charge is -2.32. The van der Waals surface area contributed by atoms with Crippen molar-refractivity contribution >= 4 is 5.78 Å². The van der Waals surface area contributed by atoms with Crippen LogP contribution in [0.3, 0.4) is 0 Å². The molecule has 0 spiro atoms. The van der Waals surface area contributed by atoms with Crippen molar-refractivity contribution in [3.63, 3.8) is 0 Å². The minimum Gasteiger partial charge on any atom is -0.389 e. The molecule has 2 atom stereocenters. The van der Waals surface area contributed by atoms with E-state index >= 15 is 0 Å². The zero-order chi connectivity index (χ0) is 12.2. The molecule has 0 aromatic heterocycles. The lowest BCUT2D eigenvalue weighted by Crippen LogP contribution is -2.40.